The number of hydrogen-bond acceptors (Lipinski definition) is 6. The lowest BCUT2D eigenvalue weighted by Crippen LogP contribution is -2.43. The second-order valence-electron chi connectivity index (χ2n) is 6.89. The number of ketones is 2. The van der Waals surface area contributed by atoms with Gasteiger partial charge in [-0.15, -0.1) is 0 Å². The fourth-order valence-electron chi connectivity index (χ4n) is 3.82. The van der Waals surface area contributed by atoms with Crippen molar-refractivity contribution in [1.29, 1.82) is 0 Å². The second-order valence-corrected chi connectivity index (χ2v) is 11.6. The van der Waals surface area contributed by atoms with Gasteiger partial charge in [-0.3, -0.25) is 9.59 Å². The first-order valence-corrected chi connectivity index (χ1v) is 12.3. The lowest BCUT2D eigenvalue weighted by atomic mass is 9.82. The monoisotopic (exact) mass is 418 g/mol. The number of hydrogen-bond donors (Lipinski definition) is 0. The zero-order valence-electron chi connectivity index (χ0n) is 14.2. The Hall–Kier alpha value is -1.25. The topological polar surface area (TPSA) is 102 Å². The minimum atomic E-state index is -3.59. The van der Waals surface area contributed by atoms with Crippen molar-refractivity contribution in [1.82, 2.24) is 0 Å². The molecule has 0 saturated heterocycles. The summed E-state index contributed by atoms with van der Waals surface area (Å²) in [6.45, 7) is 0. The van der Waals surface area contributed by atoms with Crippen LogP contribution < -0.4 is 0 Å². The van der Waals surface area contributed by atoms with Crippen molar-refractivity contribution in [2.24, 2.45) is 5.92 Å². The van der Waals surface area contributed by atoms with Gasteiger partial charge in [0.05, 0.1) is 26.8 Å². The normalized spacial score (nSPS) is 25.5. The Morgan fingerprint density at radius 1 is 1.19 bits per heavy atom. The number of fused-ring (bicyclic) bond motifs is 1. The van der Waals surface area contributed by atoms with Gasteiger partial charge in [0, 0.05) is 18.2 Å². The van der Waals surface area contributed by atoms with E-state index < -0.39 is 42.4 Å². The summed E-state index contributed by atoms with van der Waals surface area (Å²) in [5, 5.41) is -1.05. The van der Waals surface area contributed by atoms with E-state index in [1.54, 1.807) is 0 Å². The average molecular weight is 419 g/mol. The predicted octanol–water partition coefficient (Wildman–Crippen LogP) is 2.03. The summed E-state index contributed by atoms with van der Waals surface area (Å²) in [5.74, 6) is -2.30. The highest BCUT2D eigenvalue weighted by atomic mass is 35.5. The van der Waals surface area contributed by atoms with Crippen LogP contribution in [0.2, 0.25) is 5.02 Å². The van der Waals surface area contributed by atoms with Crippen molar-refractivity contribution >= 4 is 42.8 Å². The third kappa shape index (κ3) is 3.34. The molecule has 0 N–H and O–H groups in total. The Balaban J connectivity index is 2.09. The molecule has 2 aliphatic rings. The van der Waals surface area contributed by atoms with Crippen LogP contribution in [0.1, 0.15) is 41.6 Å². The van der Waals surface area contributed by atoms with Gasteiger partial charge in [0.15, 0.2) is 25.5 Å². The minimum Gasteiger partial charge on any atom is -0.299 e. The van der Waals surface area contributed by atoms with Gasteiger partial charge < -0.3 is 0 Å². The fourth-order valence-corrected chi connectivity index (χ4v) is 7.19. The van der Waals surface area contributed by atoms with Gasteiger partial charge >= 0.3 is 0 Å². The van der Waals surface area contributed by atoms with Gasteiger partial charge in [-0.25, -0.2) is 16.8 Å². The number of carbonyl (C=O) groups excluding carboxylic acids is 2. The molecule has 0 spiro atoms. The quantitative estimate of drug-likeness (QED) is 0.549. The summed E-state index contributed by atoms with van der Waals surface area (Å²) < 4.78 is 48.5. The molecular weight excluding hydrogens is 400 g/mol. The standard InChI is InChI=1S/C17H19ClO6S2/c1-25(21,22)14-6-2-5-12(19)15(14)17(20)11-7-8-13-10(16(11)18)4-3-9-26(13,23)24/h7-8,14-15H,2-6,9H2,1H3. The summed E-state index contributed by atoms with van der Waals surface area (Å²) in [4.78, 5) is 25.5. The third-order valence-electron chi connectivity index (χ3n) is 5.10. The second kappa shape index (κ2) is 6.73. The Morgan fingerprint density at radius 2 is 1.88 bits per heavy atom. The molecule has 9 heteroatoms. The van der Waals surface area contributed by atoms with Crippen molar-refractivity contribution in [3.05, 3.63) is 28.3 Å². The molecule has 1 heterocycles. The molecule has 0 radical (unpaired) electrons. The molecular formula is C17H19ClO6S2. The van der Waals surface area contributed by atoms with Crippen molar-refractivity contribution in [3.8, 4) is 0 Å². The summed E-state index contributed by atoms with van der Waals surface area (Å²) in [6, 6.07) is 2.64. The Morgan fingerprint density at radius 3 is 2.54 bits per heavy atom. The fraction of sp³-hybridized carbons (Fsp3) is 0.529. The predicted molar refractivity (Wildman–Crippen MR) is 97.1 cm³/mol. The van der Waals surface area contributed by atoms with Crippen LogP contribution in [0.4, 0.5) is 0 Å². The van der Waals surface area contributed by atoms with E-state index in [0.29, 0.717) is 24.8 Å². The van der Waals surface area contributed by atoms with Gasteiger partial charge in [-0.2, -0.15) is 0 Å². The van der Waals surface area contributed by atoms with Crippen LogP contribution in [-0.4, -0.2) is 45.7 Å². The Kier molecular flexibility index (Phi) is 5.05. The molecule has 3 rings (SSSR count). The Bertz CT molecular complexity index is 994. The highest BCUT2D eigenvalue weighted by molar-refractivity contribution is 7.91. The molecule has 26 heavy (non-hydrogen) atoms. The van der Waals surface area contributed by atoms with Crippen molar-refractivity contribution in [2.45, 2.75) is 42.2 Å². The van der Waals surface area contributed by atoms with Gasteiger partial charge in [-0.05, 0) is 43.4 Å². The number of sulfone groups is 2. The van der Waals surface area contributed by atoms with E-state index in [9.17, 15) is 26.4 Å². The molecule has 1 fully saturated rings. The van der Waals surface area contributed by atoms with E-state index in [-0.39, 0.29) is 34.1 Å². The molecule has 1 saturated carbocycles. The van der Waals surface area contributed by atoms with E-state index in [4.69, 9.17) is 11.6 Å². The van der Waals surface area contributed by atoms with Crippen LogP contribution in [0.15, 0.2) is 17.0 Å². The smallest absolute Gasteiger partial charge is 0.178 e. The molecule has 0 bridgehead atoms. The third-order valence-corrected chi connectivity index (χ3v) is 9.02. The van der Waals surface area contributed by atoms with Crippen LogP contribution in [0.3, 0.4) is 0 Å². The largest absolute Gasteiger partial charge is 0.299 e. The Labute approximate surface area is 157 Å². The maximum Gasteiger partial charge on any atom is 0.178 e. The van der Waals surface area contributed by atoms with Gasteiger partial charge in [0.25, 0.3) is 0 Å². The van der Waals surface area contributed by atoms with E-state index in [0.717, 1.165) is 6.26 Å². The number of rotatable bonds is 3. The first kappa shape index (κ1) is 19.5. The molecule has 1 aliphatic heterocycles. The minimum absolute atomic E-state index is 0.0152. The molecule has 2 atom stereocenters. The maximum atomic E-state index is 13.0. The summed E-state index contributed by atoms with van der Waals surface area (Å²) in [6.07, 6.45) is 2.68. The van der Waals surface area contributed by atoms with E-state index in [1.165, 1.54) is 12.1 Å². The van der Waals surface area contributed by atoms with Crippen molar-refractivity contribution in [2.75, 3.05) is 12.0 Å². The van der Waals surface area contributed by atoms with E-state index in [2.05, 4.69) is 0 Å². The number of carbonyl (C=O) groups is 2. The van der Waals surface area contributed by atoms with Crippen LogP contribution >= 0.6 is 11.6 Å². The molecule has 2 unspecified atom stereocenters. The van der Waals surface area contributed by atoms with Crippen LogP contribution in [0, 0.1) is 5.92 Å². The van der Waals surface area contributed by atoms with Gasteiger partial charge in [0.1, 0.15) is 5.78 Å². The zero-order valence-corrected chi connectivity index (χ0v) is 16.6. The number of halogens is 1. The van der Waals surface area contributed by atoms with Crippen molar-refractivity contribution < 1.29 is 26.4 Å². The van der Waals surface area contributed by atoms with E-state index >= 15 is 0 Å². The first-order valence-electron chi connectivity index (χ1n) is 8.34. The molecule has 1 aromatic carbocycles. The summed E-state index contributed by atoms with van der Waals surface area (Å²) in [7, 11) is -7.03. The molecule has 0 aromatic heterocycles. The summed E-state index contributed by atoms with van der Waals surface area (Å²) >= 11 is 6.33. The van der Waals surface area contributed by atoms with Crippen molar-refractivity contribution in [3.63, 3.8) is 0 Å². The lowest BCUT2D eigenvalue weighted by molar-refractivity contribution is -0.122. The highest BCUT2D eigenvalue weighted by Gasteiger charge is 2.43. The molecule has 6 nitrogen and oxygen atoms in total. The maximum absolute atomic E-state index is 13.0. The number of benzene rings is 1. The van der Waals surface area contributed by atoms with Gasteiger partial charge in [-0.1, -0.05) is 11.6 Å². The molecule has 142 valence electrons. The molecule has 1 aliphatic carbocycles. The summed E-state index contributed by atoms with van der Waals surface area (Å²) in [5.41, 5.74) is 0.402. The van der Waals surface area contributed by atoms with Crippen LogP contribution in [0.25, 0.3) is 0 Å². The number of Topliss-reactive ketones (excluding diaryl/α,β-unsaturated/α-hetero) is 2. The van der Waals surface area contributed by atoms with Gasteiger partial charge in [0.2, 0.25) is 0 Å². The van der Waals surface area contributed by atoms with E-state index in [1.807, 2.05) is 0 Å². The van der Waals surface area contributed by atoms with Crippen LogP contribution in [-0.2, 0) is 30.9 Å². The zero-order chi connectivity index (χ0) is 19.3. The highest BCUT2D eigenvalue weighted by Crippen LogP contribution is 2.36. The SMILES string of the molecule is CS(=O)(=O)C1CCCC(=O)C1C(=O)c1ccc2c(c1Cl)CCCS2(=O)=O. The average Bonchev–Trinajstić information content (AvgIpc) is 2.54. The van der Waals surface area contributed by atoms with Crippen LogP contribution in [0.5, 0.6) is 0 Å². The lowest BCUT2D eigenvalue weighted by Gasteiger charge is -2.28. The molecule has 0 amide bonds. The molecule has 1 aromatic rings. The first-order chi connectivity index (χ1) is 12.0.